The molecule has 0 bridgehead atoms. The molecular formula is C18H16BrClN2O2S. The molecule has 0 aliphatic rings. The van der Waals surface area contributed by atoms with E-state index in [9.17, 15) is 8.42 Å². The molecule has 3 rings (SSSR count). The monoisotopic (exact) mass is 438 g/mol. The summed E-state index contributed by atoms with van der Waals surface area (Å²) >= 11 is 9.67. The van der Waals surface area contributed by atoms with Crippen molar-refractivity contribution in [1.29, 1.82) is 0 Å². The first kappa shape index (κ1) is 18.2. The predicted octanol–water partition coefficient (Wildman–Crippen LogP) is 4.81. The van der Waals surface area contributed by atoms with Gasteiger partial charge in [0, 0.05) is 22.7 Å². The van der Waals surface area contributed by atoms with Gasteiger partial charge in [-0.05, 0) is 35.4 Å². The molecule has 0 unspecified atom stereocenters. The van der Waals surface area contributed by atoms with Crippen LogP contribution in [0.25, 0.3) is 10.9 Å². The van der Waals surface area contributed by atoms with Crippen LogP contribution in [0.4, 0.5) is 5.82 Å². The highest BCUT2D eigenvalue weighted by Gasteiger charge is 2.06. The minimum absolute atomic E-state index is 0.0565. The van der Waals surface area contributed by atoms with Crippen LogP contribution < -0.4 is 5.32 Å². The molecule has 7 heteroatoms. The number of hydrogen-bond acceptors (Lipinski definition) is 4. The number of aromatic nitrogens is 1. The van der Waals surface area contributed by atoms with Crippen LogP contribution in [0.3, 0.4) is 0 Å². The van der Waals surface area contributed by atoms with Crippen molar-refractivity contribution >= 4 is 54.1 Å². The van der Waals surface area contributed by atoms with Gasteiger partial charge in [0.15, 0.2) is 9.84 Å². The second-order valence-corrected chi connectivity index (χ2v) is 9.36. The quantitative estimate of drug-likeness (QED) is 0.620. The zero-order chi connectivity index (χ0) is 18.0. The summed E-state index contributed by atoms with van der Waals surface area (Å²) in [4.78, 5) is 4.55. The van der Waals surface area contributed by atoms with E-state index in [0.29, 0.717) is 11.6 Å². The first-order valence-corrected chi connectivity index (χ1v) is 10.8. The number of sulfone groups is 1. The molecule has 130 valence electrons. The lowest BCUT2D eigenvalue weighted by molar-refractivity contribution is 0.601. The van der Waals surface area contributed by atoms with Crippen LogP contribution in [0.1, 0.15) is 11.1 Å². The molecule has 0 amide bonds. The van der Waals surface area contributed by atoms with Crippen LogP contribution in [0.15, 0.2) is 53.0 Å². The van der Waals surface area contributed by atoms with Gasteiger partial charge >= 0.3 is 0 Å². The second kappa shape index (κ2) is 7.32. The molecule has 0 aliphatic carbocycles. The van der Waals surface area contributed by atoms with Gasteiger partial charge in [-0.25, -0.2) is 13.4 Å². The van der Waals surface area contributed by atoms with Crippen LogP contribution in [-0.2, 0) is 22.1 Å². The fourth-order valence-corrected chi connectivity index (χ4v) is 4.18. The molecule has 25 heavy (non-hydrogen) atoms. The highest BCUT2D eigenvalue weighted by atomic mass is 79.9. The van der Waals surface area contributed by atoms with E-state index in [1.807, 2.05) is 48.5 Å². The molecule has 2 aromatic carbocycles. The molecule has 0 saturated heterocycles. The SMILES string of the molecule is CS(=O)(=O)Cc1ccc(CNc2ccc3cc(Br)cc(Cl)c3n2)cc1. The number of benzene rings is 2. The fourth-order valence-electron chi connectivity index (χ4n) is 2.50. The third-order valence-corrected chi connectivity index (χ3v) is 5.24. The Kier molecular flexibility index (Phi) is 5.32. The van der Waals surface area contributed by atoms with E-state index in [1.165, 1.54) is 6.26 Å². The van der Waals surface area contributed by atoms with Gasteiger partial charge in [-0.3, -0.25) is 0 Å². The molecule has 0 aliphatic heterocycles. The van der Waals surface area contributed by atoms with E-state index in [1.54, 1.807) is 0 Å². The number of nitrogens with zero attached hydrogens (tertiary/aromatic N) is 1. The molecular weight excluding hydrogens is 424 g/mol. The topological polar surface area (TPSA) is 59.1 Å². The number of anilines is 1. The summed E-state index contributed by atoms with van der Waals surface area (Å²) in [6.07, 6.45) is 1.23. The highest BCUT2D eigenvalue weighted by molar-refractivity contribution is 9.10. The van der Waals surface area contributed by atoms with Crippen LogP contribution in [0.5, 0.6) is 0 Å². The zero-order valence-electron chi connectivity index (χ0n) is 13.5. The summed E-state index contributed by atoms with van der Waals surface area (Å²) in [5.74, 6) is 0.790. The van der Waals surface area contributed by atoms with E-state index in [4.69, 9.17) is 11.6 Å². The van der Waals surface area contributed by atoms with Crippen molar-refractivity contribution in [2.24, 2.45) is 0 Å². The third-order valence-electron chi connectivity index (χ3n) is 3.64. The molecule has 1 N–H and O–H groups in total. The van der Waals surface area contributed by atoms with Crippen LogP contribution in [0, 0.1) is 0 Å². The largest absolute Gasteiger partial charge is 0.366 e. The van der Waals surface area contributed by atoms with E-state index < -0.39 is 9.84 Å². The Hall–Kier alpha value is -1.63. The Balaban J connectivity index is 1.72. The average Bonchev–Trinajstić information content (AvgIpc) is 2.53. The maximum absolute atomic E-state index is 11.3. The molecule has 3 aromatic rings. The van der Waals surface area contributed by atoms with Crippen LogP contribution >= 0.6 is 27.5 Å². The van der Waals surface area contributed by atoms with Crippen molar-refractivity contribution in [3.63, 3.8) is 0 Å². The van der Waals surface area contributed by atoms with Crippen molar-refractivity contribution in [2.75, 3.05) is 11.6 Å². The average molecular weight is 440 g/mol. The third kappa shape index (κ3) is 4.93. The number of nitrogens with one attached hydrogen (secondary N) is 1. The van der Waals surface area contributed by atoms with Gasteiger partial charge < -0.3 is 5.32 Å². The Morgan fingerprint density at radius 3 is 2.44 bits per heavy atom. The first-order valence-electron chi connectivity index (χ1n) is 7.55. The van der Waals surface area contributed by atoms with Gasteiger partial charge in [-0.15, -0.1) is 0 Å². The maximum atomic E-state index is 11.3. The van der Waals surface area contributed by atoms with Crippen molar-refractivity contribution in [1.82, 2.24) is 4.98 Å². The summed E-state index contributed by atoms with van der Waals surface area (Å²) in [6.45, 7) is 0.589. The summed E-state index contributed by atoms with van der Waals surface area (Å²) in [5, 5.41) is 4.83. The van der Waals surface area contributed by atoms with Gasteiger partial charge in [0.25, 0.3) is 0 Å². The van der Waals surface area contributed by atoms with Gasteiger partial charge in [-0.1, -0.05) is 51.8 Å². The highest BCUT2D eigenvalue weighted by Crippen LogP contribution is 2.27. The van der Waals surface area contributed by atoms with E-state index >= 15 is 0 Å². The van der Waals surface area contributed by atoms with Crippen molar-refractivity contribution < 1.29 is 8.42 Å². The number of halogens is 2. The summed E-state index contributed by atoms with van der Waals surface area (Å²) in [7, 11) is -3.01. The molecule has 1 aromatic heterocycles. The lowest BCUT2D eigenvalue weighted by atomic mass is 10.1. The zero-order valence-corrected chi connectivity index (χ0v) is 16.6. The van der Waals surface area contributed by atoms with Gasteiger partial charge in [-0.2, -0.15) is 0 Å². The van der Waals surface area contributed by atoms with Gasteiger partial charge in [0.05, 0.1) is 16.3 Å². The maximum Gasteiger partial charge on any atom is 0.151 e. The van der Waals surface area contributed by atoms with Gasteiger partial charge in [0.2, 0.25) is 0 Å². The van der Waals surface area contributed by atoms with E-state index in [0.717, 1.165) is 32.3 Å². The number of pyridine rings is 1. The smallest absolute Gasteiger partial charge is 0.151 e. The summed E-state index contributed by atoms with van der Waals surface area (Å²) < 4.78 is 23.6. The predicted molar refractivity (Wildman–Crippen MR) is 107 cm³/mol. The second-order valence-electron chi connectivity index (χ2n) is 5.90. The van der Waals surface area contributed by atoms with Crippen LogP contribution in [0.2, 0.25) is 5.02 Å². The fraction of sp³-hybridized carbons (Fsp3) is 0.167. The lowest BCUT2D eigenvalue weighted by Crippen LogP contribution is -2.03. The molecule has 0 atom stereocenters. The minimum Gasteiger partial charge on any atom is -0.366 e. The molecule has 0 spiro atoms. The van der Waals surface area contributed by atoms with Gasteiger partial charge in [0.1, 0.15) is 5.82 Å². The Morgan fingerprint density at radius 2 is 1.76 bits per heavy atom. The standard InChI is InChI=1S/C18H16BrClN2O2S/c1-25(23,24)11-13-4-2-12(3-5-13)10-21-17-7-6-14-8-15(19)9-16(20)18(14)22-17/h2-9H,10-11H2,1H3,(H,21,22). The number of rotatable bonds is 5. The normalized spacial score (nSPS) is 11.6. The summed E-state index contributed by atoms with van der Waals surface area (Å²) in [5.41, 5.74) is 2.58. The molecule has 0 saturated carbocycles. The minimum atomic E-state index is -3.01. The summed E-state index contributed by atoms with van der Waals surface area (Å²) in [6, 6.07) is 15.2. The molecule has 0 radical (unpaired) electrons. The van der Waals surface area contributed by atoms with Crippen molar-refractivity contribution in [3.05, 3.63) is 69.2 Å². The molecule has 4 nitrogen and oxygen atoms in total. The van der Waals surface area contributed by atoms with Crippen molar-refractivity contribution in [2.45, 2.75) is 12.3 Å². The van der Waals surface area contributed by atoms with Crippen LogP contribution in [-0.4, -0.2) is 19.7 Å². The van der Waals surface area contributed by atoms with Crippen molar-refractivity contribution in [3.8, 4) is 0 Å². The number of hydrogen-bond donors (Lipinski definition) is 1. The first-order chi connectivity index (χ1) is 11.8. The molecule has 0 fully saturated rings. The molecule has 1 heterocycles. The van der Waals surface area contributed by atoms with E-state index in [2.05, 4.69) is 26.2 Å². The van der Waals surface area contributed by atoms with E-state index in [-0.39, 0.29) is 5.75 Å². The lowest BCUT2D eigenvalue weighted by Gasteiger charge is -2.09. The number of fused-ring (bicyclic) bond motifs is 1. The Morgan fingerprint density at radius 1 is 1.08 bits per heavy atom. The Bertz CT molecular complexity index is 1020. The Labute approximate surface area is 160 Å².